The van der Waals surface area contributed by atoms with Gasteiger partial charge < -0.3 is 14.2 Å². The van der Waals surface area contributed by atoms with Gasteiger partial charge >= 0.3 is 5.97 Å². The largest absolute Gasteiger partial charge is 0.493 e. The van der Waals surface area contributed by atoms with Crippen LogP contribution in [0.15, 0.2) is 77.7 Å². The lowest BCUT2D eigenvalue weighted by Crippen LogP contribution is -2.23. The number of carbonyl (C=O) groups is 1. The number of esters is 1. The Morgan fingerprint density at radius 2 is 1.53 bits per heavy atom. The maximum atomic E-state index is 12.6. The second-order valence-electron chi connectivity index (χ2n) is 6.91. The molecule has 0 saturated carbocycles. The van der Waals surface area contributed by atoms with Crippen LogP contribution >= 0.6 is 0 Å². The molecule has 0 aliphatic carbocycles. The number of hydrogen-bond donors (Lipinski definition) is 1. The van der Waals surface area contributed by atoms with Crippen LogP contribution in [0.3, 0.4) is 0 Å². The van der Waals surface area contributed by atoms with Crippen molar-refractivity contribution < 1.29 is 27.4 Å². The Balaban J connectivity index is 1.55. The fourth-order valence-electron chi connectivity index (χ4n) is 2.99. The number of nitrogens with one attached hydrogen (secondary N) is 1. The fraction of sp³-hybridized carbons (Fsp3) is 0.208. The van der Waals surface area contributed by atoms with Crippen molar-refractivity contribution in [3.8, 4) is 11.5 Å². The Labute approximate surface area is 188 Å². The van der Waals surface area contributed by atoms with Crippen molar-refractivity contribution >= 4 is 16.0 Å². The Hall–Kier alpha value is -3.36. The Morgan fingerprint density at radius 3 is 2.19 bits per heavy atom. The van der Waals surface area contributed by atoms with E-state index in [4.69, 9.17) is 14.2 Å². The zero-order valence-electron chi connectivity index (χ0n) is 17.9. The second kappa shape index (κ2) is 10.8. The summed E-state index contributed by atoms with van der Waals surface area (Å²) in [5.74, 6) is 0.349. The van der Waals surface area contributed by atoms with Crippen LogP contribution in [-0.2, 0) is 27.7 Å². The van der Waals surface area contributed by atoms with Crippen molar-refractivity contribution in [2.75, 3.05) is 20.8 Å². The summed E-state index contributed by atoms with van der Waals surface area (Å²) in [4.78, 5) is 12.3. The molecule has 0 aliphatic rings. The third kappa shape index (κ3) is 6.09. The Bertz CT molecular complexity index is 1140. The summed E-state index contributed by atoms with van der Waals surface area (Å²) < 4.78 is 43.4. The van der Waals surface area contributed by atoms with Crippen LogP contribution in [0.25, 0.3) is 0 Å². The summed E-state index contributed by atoms with van der Waals surface area (Å²) in [6.45, 7) is 0.357. The van der Waals surface area contributed by atoms with E-state index in [1.165, 1.54) is 32.4 Å². The normalized spacial score (nSPS) is 11.1. The van der Waals surface area contributed by atoms with Crippen molar-refractivity contribution in [1.29, 1.82) is 0 Å². The molecule has 3 aromatic rings. The van der Waals surface area contributed by atoms with Gasteiger partial charge in [0.25, 0.3) is 0 Å². The summed E-state index contributed by atoms with van der Waals surface area (Å²) in [6.07, 6.45) is 0.641. The van der Waals surface area contributed by atoms with E-state index in [-0.39, 0.29) is 18.0 Å². The zero-order chi connectivity index (χ0) is 23.0. The highest BCUT2D eigenvalue weighted by atomic mass is 32.2. The lowest BCUT2D eigenvalue weighted by molar-refractivity contribution is 0.0509. The van der Waals surface area contributed by atoms with E-state index in [0.29, 0.717) is 29.0 Å². The monoisotopic (exact) mass is 455 g/mol. The standard InChI is InChI=1S/C24H25NO6S/c1-29-22-13-12-21(16-23(22)30-2)32(27,28)25-17-19-8-10-20(11-9-19)24(26)31-15-14-18-6-4-3-5-7-18/h3-13,16,25H,14-15,17H2,1-2H3. The predicted octanol–water partition coefficient (Wildman–Crippen LogP) is 3.58. The van der Waals surface area contributed by atoms with E-state index in [2.05, 4.69) is 4.72 Å². The summed E-state index contributed by atoms with van der Waals surface area (Å²) in [7, 11) is -0.838. The second-order valence-corrected chi connectivity index (χ2v) is 8.68. The van der Waals surface area contributed by atoms with Gasteiger partial charge in [-0.2, -0.15) is 0 Å². The van der Waals surface area contributed by atoms with Crippen molar-refractivity contribution in [3.05, 3.63) is 89.5 Å². The van der Waals surface area contributed by atoms with Gasteiger partial charge in [-0.05, 0) is 35.4 Å². The van der Waals surface area contributed by atoms with Crippen molar-refractivity contribution in [3.63, 3.8) is 0 Å². The van der Waals surface area contributed by atoms with Gasteiger partial charge in [0.15, 0.2) is 11.5 Å². The average molecular weight is 456 g/mol. The molecule has 0 radical (unpaired) electrons. The quantitative estimate of drug-likeness (QED) is 0.470. The molecule has 168 valence electrons. The molecule has 0 aliphatic heterocycles. The first-order valence-corrected chi connectivity index (χ1v) is 11.4. The van der Waals surface area contributed by atoms with E-state index in [0.717, 1.165) is 5.56 Å². The van der Waals surface area contributed by atoms with Gasteiger partial charge in [-0.1, -0.05) is 42.5 Å². The third-order valence-electron chi connectivity index (χ3n) is 4.79. The highest BCUT2D eigenvalue weighted by Gasteiger charge is 2.17. The van der Waals surface area contributed by atoms with Crippen LogP contribution in [0.1, 0.15) is 21.5 Å². The van der Waals surface area contributed by atoms with Crippen molar-refractivity contribution in [2.24, 2.45) is 0 Å². The van der Waals surface area contributed by atoms with Crippen molar-refractivity contribution in [1.82, 2.24) is 4.72 Å². The molecule has 8 heteroatoms. The number of benzene rings is 3. The molecule has 1 N–H and O–H groups in total. The van der Waals surface area contributed by atoms with Crippen LogP contribution in [0.4, 0.5) is 0 Å². The smallest absolute Gasteiger partial charge is 0.338 e. The molecule has 0 fully saturated rings. The Morgan fingerprint density at radius 1 is 0.844 bits per heavy atom. The van der Waals surface area contributed by atoms with Gasteiger partial charge in [-0.25, -0.2) is 17.9 Å². The number of sulfonamides is 1. The van der Waals surface area contributed by atoms with E-state index in [1.54, 1.807) is 24.3 Å². The first kappa shape index (κ1) is 23.3. The molecule has 0 saturated heterocycles. The molecule has 0 atom stereocenters. The number of methoxy groups -OCH3 is 2. The highest BCUT2D eigenvalue weighted by Crippen LogP contribution is 2.29. The molecule has 3 rings (SSSR count). The van der Waals surface area contributed by atoms with E-state index in [9.17, 15) is 13.2 Å². The number of carbonyl (C=O) groups excluding carboxylic acids is 1. The molecule has 0 aromatic heterocycles. The van der Waals surface area contributed by atoms with Gasteiger partial charge in [-0.15, -0.1) is 0 Å². The first-order chi connectivity index (χ1) is 15.4. The minimum Gasteiger partial charge on any atom is -0.493 e. The lowest BCUT2D eigenvalue weighted by atomic mass is 10.1. The number of ether oxygens (including phenoxy) is 3. The lowest BCUT2D eigenvalue weighted by Gasteiger charge is -2.11. The van der Waals surface area contributed by atoms with Crippen LogP contribution in [0.2, 0.25) is 0 Å². The molecule has 0 unspecified atom stereocenters. The minimum absolute atomic E-state index is 0.0637. The topological polar surface area (TPSA) is 90.9 Å². The summed E-state index contributed by atoms with van der Waals surface area (Å²) in [6, 6.07) is 20.7. The summed E-state index contributed by atoms with van der Waals surface area (Å²) >= 11 is 0. The minimum atomic E-state index is -3.76. The van der Waals surface area contributed by atoms with E-state index < -0.39 is 16.0 Å². The van der Waals surface area contributed by atoms with Crippen LogP contribution in [-0.4, -0.2) is 35.2 Å². The molecule has 0 bridgehead atoms. The first-order valence-electron chi connectivity index (χ1n) is 9.94. The van der Waals surface area contributed by atoms with Crippen LogP contribution in [0, 0.1) is 0 Å². The molecule has 0 heterocycles. The van der Waals surface area contributed by atoms with Gasteiger partial charge in [0.2, 0.25) is 10.0 Å². The zero-order valence-corrected chi connectivity index (χ0v) is 18.7. The average Bonchev–Trinajstić information content (AvgIpc) is 2.83. The van der Waals surface area contributed by atoms with Gasteiger partial charge in [0.1, 0.15) is 0 Å². The third-order valence-corrected chi connectivity index (χ3v) is 6.19. The van der Waals surface area contributed by atoms with Crippen LogP contribution < -0.4 is 14.2 Å². The molecule has 32 heavy (non-hydrogen) atoms. The molecule has 3 aromatic carbocycles. The van der Waals surface area contributed by atoms with Gasteiger partial charge in [0, 0.05) is 19.0 Å². The predicted molar refractivity (Wildman–Crippen MR) is 120 cm³/mol. The molecular formula is C24H25NO6S. The van der Waals surface area contributed by atoms with E-state index >= 15 is 0 Å². The van der Waals surface area contributed by atoms with E-state index in [1.807, 2.05) is 30.3 Å². The van der Waals surface area contributed by atoms with Crippen LogP contribution in [0.5, 0.6) is 11.5 Å². The molecule has 0 spiro atoms. The number of rotatable bonds is 10. The maximum absolute atomic E-state index is 12.6. The van der Waals surface area contributed by atoms with Crippen molar-refractivity contribution in [2.45, 2.75) is 17.9 Å². The highest BCUT2D eigenvalue weighted by molar-refractivity contribution is 7.89. The SMILES string of the molecule is COc1ccc(S(=O)(=O)NCc2ccc(C(=O)OCCc3ccccc3)cc2)cc1OC. The molecule has 0 amide bonds. The molecule has 7 nitrogen and oxygen atoms in total. The summed E-state index contributed by atoms with van der Waals surface area (Å²) in [5, 5.41) is 0. The van der Waals surface area contributed by atoms with Gasteiger partial charge in [0.05, 0.1) is 31.3 Å². The molecular weight excluding hydrogens is 430 g/mol. The maximum Gasteiger partial charge on any atom is 0.338 e. The fourth-order valence-corrected chi connectivity index (χ4v) is 4.03. The Kier molecular flexibility index (Phi) is 7.86. The van der Waals surface area contributed by atoms with Gasteiger partial charge in [-0.3, -0.25) is 0 Å². The number of hydrogen-bond acceptors (Lipinski definition) is 6. The summed E-state index contributed by atoms with van der Waals surface area (Å²) in [5.41, 5.74) is 2.21.